The molecule has 1 nitrogen and oxygen atoms in total. The van der Waals surface area contributed by atoms with E-state index in [0.29, 0.717) is 0 Å². The fourth-order valence-corrected chi connectivity index (χ4v) is 54.2. The van der Waals surface area contributed by atoms with Crippen LogP contribution in [0.5, 0.6) is 0 Å². The Morgan fingerprint density at radius 3 is 1.18 bits per heavy atom. The largest absolute Gasteiger partial charge is 0.470 e. The molecule has 0 radical (unpaired) electrons. The summed E-state index contributed by atoms with van der Waals surface area (Å²) in [5.41, 5.74) is 0. The standard InChI is InChI=1S/C6H22OSi4/c1-10(2,3)9(7-8)11(4,5)6/h9H,1-6,8H3. The summed E-state index contributed by atoms with van der Waals surface area (Å²) in [5.74, 6) is 0. The van der Waals surface area contributed by atoms with E-state index >= 15 is 0 Å². The van der Waals surface area contributed by atoms with Gasteiger partial charge in [0.15, 0.2) is 0 Å². The highest BCUT2D eigenvalue weighted by atomic mass is 29.6. The first-order chi connectivity index (χ1) is 4.69. The van der Waals surface area contributed by atoms with Gasteiger partial charge in [-0.1, -0.05) is 39.3 Å². The number of hydrogen-bond donors (Lipinski definition) is 0. The zero-order valence-electron chi connectivity index (χ0n) is 8.99. The normalized spacial score (nSPS) is 14.5. The van der Waals surface area contributed by atoms with Crippen molar-refractivity contribution in [1.29, 1.82) is 0 Å². The van der Waals surface area contributed by atoms with Crippen molar-refractivity contribution in [2.45, 2.75) is 39.3 Å². The molecule has 0 aromatic rings. The predicted molar refractivity (Wildman–Crippen MR) is 64.9 cm³/mol. The first-order valence-corrected chi connectivity index (χ1v) is 16.1. The van der Waals surface area contributed by atoms with E-state index in [2.05, 4.69) is 39.3 Å². The SMILES string of the molecule is C[Si](C)(C)[SiH](O[SiH3])[Si](C)(C)C. The maximum atomic E-state index is 5.88. The van der Waals surface area contributed by atoms with Crippen LogP contribution in [0.2, 0.25) is 39.3 Å². The lowest BCUT2D eigenvalue weighted by atomic mass is 11.8. The van der Waals surface area contributed by atoms with Crippen LogP contribution in [0, 0.1) is 0 Å². The molecule has 0 aromatic carbocycles. The van der Waals surface area contributed by atoms with Gasteiger partial charge in [0, 0.05) is 0 Å². The maximum absolute atomic E-state index is 5.88. The van der Waals surface area contributed by atoms with E-state index in [0.717, 1.165) is 10.5 Å². The van der Waals surface area contributed by atoms with Crippen molar-refractivity contribution in [2.24, 2.45) is 0 Å². The molecule has 0 amide bonds. The van der Waals surface area contributed by atoms with Crippen molar-refractivity contribution >= 4 is 33.7 Å². The van der Waals surface area contributed by atoms with Crippen LogP contribution in [0.25, 0.3) is 0 Å². The van der Waals surface area contributed by atoms with Crippen LogP contribution in [-0.4, -0.2) is 33.7 Å². The highest BCUT2D eigenvalue weighted by Crippen LogP contribution is 2.17. The van der Waals surface area contributed by atoms with E-state index in [4.69, 9.17) is 4.12 Å². The van der Waals surface area contributed by atoms with Gasteiger partial charge >= 0.3 is 0 Å². The second-order valence-electron chi connectivity index (χ2n) is 5.35. The molecule has 0 saturated heterocycles. The van der Waals surface area contributed by atoms with Gasteiger partial charge in [0.1, 0.15) is 18.6 Å². The summed E-state index contributed by atoms with van der Waals surface area (Å²) in [6.45, 7) is 14.8. The van der Waals surface area contributed by atoms with Crippen molar-refractivity contribution in [1.82, 2.24) is 0 Å². The predicted octanol–water partition coefficient (Wildman–Crippen LogP) is 0.840. The van der Waals surface area contributed by atoms with Crippen LogP contribution in [0.4, 0.5) is 0 Å². The monoisotopic (exact) mass is 222 g/mol. The van der Waals surface area contributed by atoms with E-state index in [9.17, 15) is 0 Å². The molecule has 68 valence electrons. The first kappa shape index (κ1) is 11.8. The van der Waals surface area contributed by atoms with Crippen molar-refractivity contribution in [3.8, 4) is 0 Å². The van der Waals surface area contributed by atoms with Gasteiger partial charge in [-0.05, 0) is 0 Å². The minimum Gasteiger partial charge on any atom is -0.470 e. The molecule has 5 heteroatoms. The minimum absolute atomic E-state index is 0.750. The molecule has 0 aliphatic rings. The second kappa shape index (κ2) is 3.69. The summed E-state index contributed by atoms with van der Waals surface area (Å²) in [6, 6.07) is 0. The highest BCUT2D eigenvalue weighted by Gasteiger charge is 2.39. The van der Waals surface area contributed by atoms with E-state index in [-0.39, 0.29) is 0 Å². The summed E-state index contributed by atoms with van der Waals surface area (Å²) in [5, 5.41) is 0. The summed E-state index contributed by atoms with van der Waals surface area (Å²) < 4.78 is 5.88. The molecule has 0 rings (SSSR count). The summed E-state index contributed by atoms with van der Waals surface area (Å²) >= 11 is 0. The number of rotatable bonds is 3. The molecule has 0 N–H and O–H groups in total. The quantitative estimate of drug-likeness (QED) is 0.643. The molecule has 0 aliphatic carbocycles. The van der Waals surface area contributed by atoms with Gasteiger partial charge in [-0.25, -0.2) is 0 Å². The zero-order chi connectivity index (χ0) is 9.28. The molecule has 11 heavy (non-hydrogen) atoms. The fraction of sp³-hybridized carbons (Fsp3) is 1.00. The fourth-order valence-electron chi connectivity index (χ4n) is 2.01. The van der Waals surface area contributed by atoms with Crippen LogP contribution >= 0.6 is 0 Å². The average molecular weight is 223 g/mol. The van der Waals surface area contributed by atoms with Crippen molar-refractivity contribution in [3.63, 3.8) is 0 Å². The third kappa shape index (κ3) is 3.84. The Hall–Kier alpha value is 0.828. The van der Waals surface area contributed by atoms with E-state index in [1.54, 1.807) is 0 Å². The molecular formula is C6H22OSi4. The van der Waals surface area contributed by atoms with Crippen LogP contribution in [0.1, 0.15) is 0 Å². The van der Waals surface area contributed by atoms with Gasteiger partial charge in [0.25, 0.3) is 0 Å². The van der Waals surface area contributed by atoms with Gasteiger partial charge in [0.05, 0.1) is 15.2 Å². The molecule has 0 saturated carbocycles. The molecule has 0 bridgehead atoms. The average Bonchev–Trinajstić information content (AvgIpc) is 1.56. The lowest BCUT2D eigenvalue weighted by Crippen LogP contribution is -2.60. The molecule has 0 fully saturated rings. The lowest BCUT2D eigenvalue weighted by Gasteiger charge is -2.35. The second-order valence-corrected chi connectivity index (χ2v) is 32.7. The maximum Gasteiger partial charge on any atom is 0.138 e. The van der Waals surface area contributed by atoms with Crippen LogP contribution < -0.4 is 0 Å². The molecule has 0 heterocycles. The smallest absolute Gasteiger partial charge is 0.138 e. The van der Waals surface area contributed by atoms with Crippen molar-refractivity contribution in [2.75, 3.05) is 0 Å². The summed E-state index contributed by atoms with van der Waals surface area (Å²) in [7, 11) is -1.60. The topological polar surface area (TPSA) is 9.23 Å². The Labute approximate surface area is 77.4 Å². The van der Waals surface area contributed by atoms with Crippen molar-refractivity contribution in [3.05, 3.63) is 0 Å². The molecule has 0 aromatic heterocycles. The van der Waals surface area contributed by atoms with E-state index in [1.165, 1.54) is 0 Å². The molecule has 0 unspecified atom stereocenters. The lowest BCUT2D eigenvalue weighted by molar-refractivity contribution is 0.668. The van der Waals surface area contributed by atoms with Gasteiger partial charge in [-0.2, -0.15) is 0 Å². The van der Waals surface area contributed by atoms with Crippen molar-refractivity contribution < 1.29 is 4.12 Å². The zero-order valence-corrected chi connectivity index (χ0v) is 14.1. The Balaban J connectivity index is 4.43. The first-order valence-electron chi connectivity index (χ1n) is 4.22. The Kier molecular flexibility index (Phi) is 3.97. The Bertz CT molecular complexity index is 110. The number of hydrogen-bond acceptors (Lipinski definition) is 1. The summed E-state index contributed by atoms with van der Waals surface area (Å²) in [6.07, 6.45) is 0. The molecule has 0 aliphatic heterocycles. The van der Waals surface area contributed by atoms with Gasteiger partial charge in [-0.15, -0.1) is 0 Å². The third-order valence-electron chi connectivity index (χ3n) is 1.81. The molecule has 0 atom stereocenters. The Morgan fingerprint density at radius 1 is 0.909 bits per heavy atom. The Morgan fingerprint density at radius 2 is 1.18 bits per heavy atom. The van der Waals surface area contributed by atoms with E-state index < -0.39 is 23.3 Å². The third-order valence-corrected chi connectivity index (χ3v) is 36.1. The van der Waals surface area contributed by atoms with Gasteiger partial charge in [-0.3, -0.25) is 0 Å². The molecule has 0 spiro atoms. The highest BCUT2D eigenvalue weighted by molar-refractivity contribution is 7.58. The minimum atomic E-state index is -0.909. The van der Waals surface area contributed by atoms with E-state index in [1.807, 2.05) is 0 Å². The van der Waals surface area contributed by atoms with Gasteiger partial charge < -0.3 is 4.12 Å². The summed E-state index contributed by atoms with van der Waals surface area (Å²) in [4.78, 5) is 0. The van der Waals surface area contributed by atoms with Crippen LogP contribution in [0.3, 0.4) is 0 Å². The van der Waals surface area contributed by atoms with Gasteiger partial charge in [0.2, 0.25) is 0 Å². The van der Waals surface area contributed by atoms with Crippen LogP contribution in [-0.2, 0) is 4.12 Å². The molecular weight excluding hydrogens is 200 g/mol. The van der Waals surface area contributed by atoms with Crippen LogP contribution in [0.15, 0.2) is 0 Å².